The Bertz CT molecular complexity index is 456. The zero-order valence-corrected chi connectivity index (χ0v) is 10.7. The van der Waals surface area contributed by atoms with E-state index in [1.165, 1.54) is 9.75 Å². The summed E-state index contributed by atoms with van der Waals surface area (Å²) in [4.78, 5) is 2.69. The first kappa shape index (κ1) is 11.2. The van der Waals surface area contributed by atoms with Crippen LogP contribution in [0.4, 0.5) is 5.82 Å². The van der Waals surface area contributed by atoms with Gasteiger partial charge in [-0.1, -0.05) is 0 Å². The zero-order chi connectivity index (χ0) is 11.5. The standard InChI is InChI=1S/C12H17N3S/c1-9(2)14-12-6-7-13-15(12)8-11-5-4-10(3)16-11/h4-7,9,14H,8H2,1-3H3. The number of nitrogens with one attached hydrogen (secondary N) is 1. The van der Waals surface area contributed by atoms with Gasteiger partial charge in [-0.2, -0.15) is 5.10 Å². The summed E-state index contributed by atoms with van der Waals surface area (Å²) >= 11 is 1.82. The number of hydrogen-bond acceptors (Lipinski definition) is 3. The molecule has 2 aromatic heterocycles. The monoisotopic (exact) mass is 235 g/mol. The molecule has 0 amide bonds. The van der Waals surface area contributed by atoms with Gasteiger partial charge in [0.1, 0.15) is 5.82 Å². The number of nitrogens with zero attached hydrogens (tertiary/aromatic N) is 2. The second-order valence-corrected chi connectivity index (χ2v) is 5.56. The smallest absolute Gasteiger partial charge is 0.124 e. The van der Waals surface area contributed by atoms with Crippen molar-refractivity contribution >= 4 is 17.2 Å². The molecule has 0 saturated heterocycles. The summed E-state index contributed by atoms with van der Waals surface area (Å²) < 4.78 is 2.01. The van der Waals surface area contributed by atoms with Crippen LogP contribution in [-0.4, -0.2) is 15.8 Å². The Balaban J connectivity index is 2.12. The number of rotatable bonds is 4. The van der Waals surface area contributed by atoms with Crippen molar-refractivity contribution in [3.63, 3.8) is 0 Å². The van der Waals surface area contributed by atoms with E-state index in [4.69, 9.17) is 0 Å². The Kier molecular flexibility index (Phi) is 3.29. The van der Waals surface area contributed by atoms with Gasteiger partial charge in [-0.25, -0.2) is 4.68 Å². The summed E-state index contributed by atoms with van der Waals surface area (Å²) in [5, 5.41) is 7.72. The molecule has 0 saturated carbocycles. The van der Waals surface area contributed by atoms with Crippen molar-refractivity contribution < 1.29 is 0 Å². The minimum absolute atomic E-state index is 0.431. The Labute approximate surface area is 100 Å². The van der Waals surface area contributed by atoms with E-state index in [9.17, 15) is 0 Å². The molecule has 2 rings (SSSR count). The van der Waals surface area contributed by atoms with Crippen molar-refractivity contribution in [3.05, 3.63) is 34.2 Å². The van der Waals surface area contributed by atoms with E-state index < -0.39 is 0 Å². The molecule has 3 nitrogen and oxygen atoms in total. The molecule has 16 heavy (non-hydrogen) atoms. The third-order valence-electron chi connectivity index (χ3n) is 2.25. The highest BCUT2D eigenvalue weighted by molar-refractivity contribution is 7.11. The Hall–Kier alpha value is -1.29. The van der Waals surface area contributed by atoms with Gasteiger partial charge < -0.3 is 5.32 Å². The number of aryl methyl sites for hydroxylation is 1. The summed E-state index contributed by atoms with van der Waals surface area (Å²) in [6.45, 7) is 7.24. The van der Waals surface area contributed by atoms with Gasteiger partial charge >= 0.3 is 0 Å². The first-order valence-electron chi connectivity index (χ1n) is 5.49. The van der Waals surface area contributed by atoms with Crippen LogP contribution in [-0.2, 0) is 6.54 Å². The zero-order valence-electron chi connectivity index (χ0n) is 9.90. The molecule has 0 aliphatic carbocycles. The lowest BCUT2D eigenvalue weighted by Crippen LogP contribution is -2.14. The van der Waals surface area contributed by atoms with Crippen molar-refractivity contribution in [2.45, 2.75) is 33.4 Å². The maximum absolute atomic E-state index is 4.33. The van der Waals surface area contributed by atoms with Gasteiger partial charge in [0.05, 0.1) is 12.7 Å². The quantitative estimate of drug-likeness (QED) is 0.882. The lowest BCUT2D eigenvalue weighted by molar-refractivity contribution is 0.690. The van der Waals surface area contributed by atoms with E-state index in [1.807, 2.05) is 28.3 Å². The second-order valence-electron chi connectivity index (χ2n) is 4.19. The molecule has 2 heterocycles. The van der Waals surface area contributed by atoms with Crippen LogP contribution >= 0.6 is 11.3 Å². The topological polar surface area (TPSA) is 29.9 Å². The van der Waals surface area contributed by atoms with E-state index in [0.717, 1.165) is 12.4 Å². The van der Waals surface area contributed by atoms with E-state index in [1.54, 1.807) is 0 Å². The van der Waals surface area contributed by atoms with Crippen LogP contribution in [0.1, 0.15) is 23.6 Å². The number of aromatic nitrogens is 2. The SMILES string of the molecule is Cc1ccc(Cn2nccc2NC(C)C)s1. The predicted molar refractivity (Wildman–Crippen MR) is 69.1 cm³/mol. The van der Waals surface area contributed by atoms with Crippen molar-refractivity contribution in [2.24, 2.45) is 0 Å². The van der Waals surface area contributed by atoms with Crippen LogP contribution in [0.15, 0.2) is 24.4 Å². The van der Waals surface area contributed by atoms with Gasteiger partial charge in [0.15, 0.2) is 0 Å². The molecule has 0 bridgehead atoms. The molecule has 4 heteroatoms. The van der Waals surface area contributed by atoms with Crippen molar-refractivity contribution in [1.82, 2.24) is 9.78 Å². The van der Waals surface area contributed by atoms with Crippen molar-refractivity contribution in [1.29, 1.82) is 0 Å². The molecule has 0 atom stereocenters. The molecule has 0 unspecified atom stereocenters. The summed E-state index contributed by atoms with van der Waals surface area (Å²) in [5.41, 5.74) is 0. The van der Waals surface area contributed by atoms with Gasteiger partial charge in [-0.15, -0.1) is 11.3 Å². The van der Waals surface area contributed by atoms with Crippen LogP contribution in [0.2, 0.25) is 0 Å². The fourth-order valence-electron chi connectivity index (χ4n) is 1.59. The summed E-state index contributed by atoms with van der Waals surface area (Å²) in [7, 11) is 0. The van der Waals surface area contributed by atoms with E-state index in [-0.39, 0.29) is 0 Å². The molecule has 0 aliphatic heterocycles. The average Bonchev–Trinajstić information content (AvgIpc) is 2.77. The average molecular weight is 235 g/mol. The predicted octanol–water partition coefficient (Wildman–Crippen LogP) is 3.12. The number of anilines is 1. The fraction of sp³-hybridized carbons (Fsp3) is 0.417. The molecule has 1 N–H and O–H groups in total. The van der Waals surface area contributed by atoms with Gasteiger partial charge in [-0.05, 0) is 32.9 Å². The molecule has 0 fully saturated rings. The molecular weight excluding hydrogens is 218 g/mol. The molecule has 0 radical (unpaired) electrons. The van der Waals surface area contributed by atoms with E-state index in [2.05, 4.69) is 43.3 Å². The Morgan fingerprint density at radius 2 is 2.19 bits per heavy atom. The van der Waals surface area contributed by atoms with Crippen molar-refractivity contribution in [3.8, 4) is 0 Å². The maximum Gasteiger partial charge on any atom is 0.124 e. The fourth-order valence-corrected chi connectivity index (χ4v) is 2.47. The second kappa shape index (κ2) is 4.70. The molecule has 86 valence electrons. The van der Waals surface area contributed by atoms with Gasteiger partial charge in [-0.3, -0.25) is 0 Å². The Morgan fingerprint density at radius 3 is 2.81 bits per heavy atom. The summed E-state index contributed by atoms with van der Waals surface area (Å²) in [5.74, 6) is 1.08. The number of hydrogen-bond donors (Lipinski definition) is 1. The van der Waals surface area contributed by atoms with Crippen LogP contribution < -0.4 is 5.32 Å². The Morgan fingerprint density at radius 1 is 1.38 bits per heavy atom. The van der Waals surface area contributed by atoms with Crippen molar-refractivity contribution in [2.75, 3.05) is 5.32 Å². The minimum Gasteiger partial charge on any atom is -0.368 e. The highest BCUT2D eigenvalue weighted by Gasteiger charge is 2.05. The molecule has 0 aliphatic rings. The van der Waals surface area contributed by atoms with Gasteiger partial charge in [0, 0.05) is 21.9 Å². The molecule has 0 aromatic carbocycles. The molecule has 2 aromatic rings. The van der Waals surface area contributed by atoms with Crippen LogP contribution in [0.25, 0.3) is 0 Å². The first-order chi connectivity index (χ1) is 7.65. The van der Waals surface area contributed by atoms with Crippen LogP contribution in [0.3, 0.4) is 0 Å². The van der Waals surface area contributed by atoms with E-state index >= 15 is 0 Å². The lowest BCUT2D eigenvalue weighted by Gasteiger charge is -2.11. The third kappa shape index (κ3) is 2.64. The molecule has 0 spiro atoms. The summed E-state index contributed by atoms with van der Waals surface area (Å²) in [6.07, 6.45) is 1.84. The van der Waals surface area contributed by atoms with Crippen LogP contribution in [0.5, 0.6) is 0 Å². The highest BCUT2D eigenvalue weighted by Crippen LogP contribution is 2.18. The largest absolute Gasteiger partial charge is 0.368 e. The first-order valence-corrected chi connectivity index (χ1v) is 6.30. The molecular formula is C12H17N3S. The maximum atomic E-state index is 4.33. The van der Waals surface area contributed by atoms with Gasteiger partial charge in [0.2, 0.25) is 0 Å². The van der Waals surface area contributed by atoms with Crippen LogP contribution in [0, 0.1) is 6.92 Å². The van der Waals surface area contributed by atoms with E-state index in [0.29, 0.717) is 6.04 Å². The normalized spacial score (nSPS) is 11.0. The highest BCUT2D eigenvalue weighted by atomic mass is 32.1. The lowest BCUT2D eigenvalue weighted by atomic mass is 10.4. The third-order valence-corrected chi connectivity index (χ3v) is 3.24. The number of thiophene rings is 1. The minimum atomic E-state index is 0.431. The van der Waals surface area contributed by atoms with Gasteiger partial charge in [0.25, 0.3) is 0 Å². The summed E-state index contributed by atoms with van der Waals surface area (Å²) in [6, 6.07) is 6.76.